The van der Waals surface area contributed by atoms with Crippen LogP contribution in [-0.4, -0.2) is 107 Å². The average Bonchev–Trinajstić information content (AvgIpc) is 3.52. The third-order valence-corrected chi connectivity index (χ3v) is 12.2. The summed E-state index contributed by atoms with van der Waals surface area (Å²) in [6, 6.07) is 12.9. The molecule has 3 aliphatic heterocycles. The van der Waals surface area contributed by atoms with Crippen molar-refractivity contribution in [1.82, 2.24) is 14.7 Å². The Morgan fingerprint density at radius 1 is 1.02 bits per heavy atom. The van der Waals surface area contributed by atoms with E-state index in [1.165, 1.54) is 13.5 Å². The highest BCUT2D eigenvalue weighted by Gasteiger charge is 2.53. The van der Waals surface area contributed by atoms with Crippen molar-refractivity contribution in [3.05, 3.63) is 64.7 Å². The van der Waals surface area contributed by atoms with Gasteiger partial charge < -0.3 is 29.1 Å². The van der Waals surface area contributed by atoms with E-state index in [9.17, 15) is 10.1 Å². The highest BCUT2D eigenvalue weighted by Crippen LogP contribution is 2.54. The maximum Gasteiger partial charge on any atom is 0.305 e. The summed E-state index contributed by atoms with van der Waals surface area (Å²) in [4.78, 5) is 21.5. The third-order valence-electron chi connectivity index (χ3n) is 12.2. The average molecular weight is 678 g/mol. The van der Waals surface area contributed by atoms with Gasteiger partial charge in [-0.3, -0.25) is 4.79 Å². The minimum absolute atomic E-state index is 0.155. The number of carbonyl (C=O) groups is 1. The van der Waals surface area contributed by atoms with Crippen molar-refractivity contribution in [3.8, 4) is 6.07 Å². The molecule has 0 bridgehead atoms. The molecule has 4 aliphatic rings. The summed E-state index contributed by atoms with van der Waals surface area (Å²) >= 11 is 0. The van der Waals surface area contributed by atoms with E-state index in [0.717, 1.165) is 76.9 Å². The highest BCUT2D eigenvalue weighted by atomic mass is 19.1. The molecule has 3 heterocycles. The van der Waals surface area contributed by atoms with Gasteiger partial charge in [0.2, 0.25) is 0 Å². The number of nitrogens with zero attached hydrogens (tertiary/aromatic N) is 5. The Balaban J connectivity index is 1.20. The van der Waals surface area contributed by atoms with Gasteiger partial charge in [-0.2, -0.15) is 5.26 Å². The number of esters is 1. The Kier molecular flexibility index (Phi) is 10.9. The van der Waals surface area contributed by atoms with Crippen molar-refractivity contribution in [2.24, 2.45) is 17.8 Å². The predicted molar refractivity (Wildman–Crippen MR) is 186 cm³/mol. The van der Waals surface area contributed by atoms with E-state index in [4.69, 9.17) is 9.47 Å². The van der Waals surface area contributed by atoms with Crippen LogP contribution in [0.3, 0.4) is 0 Å². The molecule has 3 saturated heterocycles. The van der Waals surface area contributed by atoms with E-state index in [-0.39, 0.29) is 34.9 Å². The molecular weight excluding hydrogens is 624 g/mol. The first-order valence-corrected chi connectivity index (χ1v) is 18.0. The molecule has 4 fully saturated rings. The van der Waals surface area contributed by atoms with Gasteiger partial charge in [0.25, 0.3) is 0 Å². The van der Waals surface area contributed by atoms with Gasteiger partial charge in [-0.15, -0.1) is 0 Å². The Bertz CT molecular complexity index is 1510. The van der Waals surface area contributed by atoms with E-state index in [2.05, 4.69) is 21.9 Å². The number of methoxy groups -OCH3 is 2. The first-order chi connectivity index (χ1) is 23.6. The number of benzene rings is 2. The number of nitriles is 1. The Labute approximate surface area is 290 Å². The molecular formula is C39H53F2N5O3. The van der Waals surface area contributed by atoms with Gasteiger partial charge in [-0.25, -0.2) is 8.78 Å². The minimum atomic E-state index is -0.413. The number of carbonyl (C=O) groups excluding carboxylic acids is 1. The zero-order valence-electron chi connectivity index (χ0n) is 29.7. The lowest BCUT2D eigenvalue weighted by atomic mass is 9.56. The molecule has 8 nitrogen and oxygen atoms in total. The molecule has 49 heavy (non-hydrogen) atoms. The molecule has 2 aromatic carbocycles. The van der Waals surface area contributed by atoms with Gasteiger partial charge in [0.15, 0.2) is 5.82 Å². The fourth-order valence-electron chi connectivity index (χ4n) is 9.59. The molecule has 266 valence electrons. The quantitative estimate of drug-likeness (QED) is 0.260. The van der Waals surface area contributed by atoms with E-state index >= 15 is 8.78 Å². The van der Waals surface area contributed by atoms with Gasteiger partial charge in [0.05, 0.1) is 37.5 Å². The predicted octanol–water partition coefficient (Wildman–Crippen LogP) is 5.44. The van der Waals surface area contributed by atoms with Crippen LogP contribution in [0.1, 0.15) is 61.6 Å². The van der Waals surface area contributed by atoms with E-state index in [1.807, 2.05) is 30.0 Å². The molecule has 0 N–H and O–H groups in total. The van der Waals surface area contributed by atoms with Crippen LogP contribution in [0.4, 0.5) is 14.5 Å². The zero-order valence-corrected chi connectivity index (χ0v) is 29.7. The van der Waals surface area contributed by atoms with E-state index < -0.39 is 5.60 Å². The second kappa shape index (κ2) is 15.0. The minimum Gasteiger partial charge on any atom is -0.469 e. The Hall–Kier alpha value is -3.10. The summed E-state index contributed by atoms with van der Waals surface area (Å²) in [5, 5.41) is 9.57. The van der Waals surface area contributed by atoms with Crippen molar-refractivity contribution >= 4 is 11.7 Å². The largest absolute Gasteiger partial charge is 0.469 e. The smallest absolute Gasteiger partial charge is 0.305 e. The third kappa shape index (κ3) is 7.23. The second-order valence-corrected chi connectivity index (χ2v) is 15.3. The lowest BCUT2D eigenvalue weighted by Crippen LogP contribution is -2.68. The number of hydrogen-bond acceptors (Lipinski definition) is 8. The molecule has 10 heteroatoms. The van der Waals surface area contributed by atoms with Crippen LogP contribution in [0.25, 0.3) is 0 Å². The van der Waals surface area contributed by atoms with Crippen LogP contribution in [0.15, 0.2) is 36.4 Å². The molecule has 0 unspecified atom stereocenters. The van der Waals surface area contributed by atoms with Crippen LogP contribution in [-0.2, 0) is 26.2 Å². The fourth-order valence-corrected chi connectivity index (χ4v) is 9.59. The molecule has 2 aromatic rings. The Morgan fingerprint density at radius 3 is 2.39 bits per heavy atom. The van der Waals surface area contributed by atoms with Gasteiger partial charge in [0.1, 0.15) is 11.4 Å². The van der Waals surface area contributed by atoms with Gasteiger partial charge >= 0.3 is 5.97 Å². The van der Waals surface area contributed by atoms with Crippen molar-refractivity contribution in [3.63, 3.8) is 0 Å². The number of ether oxygens (including phenoxy) is 2. The Morgan fingerprint density at radius 2 is 1.78 bits per heavy atom. The maximum atomic E-state index is 15.7. The number of hydrogen-bond donors (Lipinski definition) is 0. The van der Waals surface area contributed by atoms with Gasteiger partial charge in [-0.05, 0) is 120 Å². The molecule has 0 radical (unpaired) electrons. The molecule has 1 aliphatic carbocycles. The number of likely N-dealkylation sites (tertiary alicyclic amines) is 2. The molecule has 0 amide bonds. The van der Waals surface area contributed by atoms with Crippen molar-refractivity contribution in [1.29, 1.82) is 5.26 Å². The number of rotatable bonds is 13. The van der Waals surface area contributed by atoms with Crippen LogP contribution < -0.4 is 4.90 Å². The summed E-state index contributed by atoms with van der Waals surface area (Å²) in [7, 11) is 6.97. The van der Waals surface area contributed by atoms with Crippen LogP contribution >= 0.6 is 0 Å². The summed E-state index contributed by atoms with van der Waals surface area (Å²) in [5.41, 5.74) is 1.73. The monoisotopic (exact) mass is 677 g/mol. The summed E-state index contributed by atoms with van der Waals surface area (Å²) in [5.74, 6) is 0.150. The lowest BCUT2D eigenvalue weighted by Gasteiger charge is -2.55. The lowest BCUT2D eigenvalue weighted by molar-refractivity contribution is -0.142. The summed E-state index contributed by atoms with van der Waals surface area (Å²) in [6.45, 7) is 7.09. The van der Waals surface area contributed by atoms with Crippen molar-refractivity contribution in [2.75, 3.05) is 85.6 Å². The summed E-state index contributed by atoms with van der Waals surface area (Å²) in [6.07, 6.45) is 6.68. The zero-order chi connectivity index (χ0) is 34.8. The molecule has 6 rings (SSSR count). The number of anilines is 1. The normalized spacial score (nSPS) is 24.2. The first-order valence-electron chi connectivity index (χ1n) is 18.0. The molecule has 0 spiro atoms. The van der Waals surface area contributed by atoms with Crippen molar-refractivity contribution in [2.45, 2.75) is 62.5 Å². The number of halogens is 2. The van der Waals surface area contributed by atoms with E-state index in [0.29, 0.717) is 48.8 Å². The molecule has 0 aromatic heterocycles. The van der Waals surface area contributed by atoms with Gasteiger partial charge in [-0.1, -0.05) is 18.6 Å². The number of piperidine rings is 1. The fraction of sp³-hybridized carbons (Fsp3) is 0.641. The summed E-state index contributed by atoms with van der Waals surface area (Å²) < 4.78 is 42.0. The van der Waals surface area contributed by atoms with Crippen molar-refractivity contribution < 1.29 is 23.0 Å². The van der Waals surface area contributed by atoms with E-state index in [1.54, 1.807) is 31.4 Å². The SMILES string of the molecule is COC(=O)C[C@H]1CCC[C@@H]1[C@](CN1CCC1)(c1cccc(F)c1)C1CCN(CC2(OC)CN(c3ccc(C#N)c(CN(C)C)c3F)C2)CC1. The van der Waals surface area contributed by atoms with Gasteiger partial charge in [0, 0.05) is 44.1 Å². The standard InChI is InChI=1S/C39H53F2N5O3/c1-43(2)23-33-29(22-42)12-13-35(37(33)41)46-25-38(26-46,49-4)24-45-18-14-30(15-19-45)39(27-44-16-7-17-44,31-9-6-10-32(40)21-31)34-11-5-8-28(34)20-36(47)48-3/h6,9-10,12-13,21,28,30,34H,5,7-8,11,14-20,23-27H2,1-4H3/t28-,34+,39+/m1/s1. The van der Waals surface area contributed by atoms with Crippen LogP contribution in [0.2, 0.25) is 0 Å². The first kappa shape index (κ1) is 35.7. The molecule has 3 atom stereocenters. The maximum absolute atomic E-state index is 15.7. The second-order valence-electron chi connectivity index (χ2n) is 15.3. The molecule has 1 saturated carbocycles. The van der Waals surface area contributed by atoms with Crippen LogP contribution in [0, 0.1) is 40.7 Å². The van der Waals surface area contributed by atoms with Crippen LogP contribution in [0.5, 0.6) is 0 Å². The topological polar surface area (TPSA) is 72.3 Å². The highest BCUT2D eigenvalue weighted by molar-refractivity contribution is 5.69.